The topological polar surface area (TPSA) is 89.2 Å². The molecule has 7 heteroatoms. The standard InChI is InChI=1S/C25H22N2O5/c1-2-31-25(30)14-5-3-4-13(10-14)20-9-6-15(32-20)12-26-27-23(28)21-16-7-8-17(19-11-18(16)19)22(21)24(27)29/h3-10,12,16-19,21-22H,2,11H2,1H3/b26-12+. The second-order valence-corrected chi connectivity index (χ2v) is 8.89. The summed E-state index contributed by atoms with van der Waals surface area (Å²) in [5.41, 5.74) is 1.16. The van der Waals surface area contributed by atoms with Crippen molar-refractivity contribution in [3.05, 3.63) is 59.9 Å². The van der Waals surface area contributed by atoms with Gasteiger partial charge in [0.15, 0.2) is 0 Å². The van der Waals surface area contributed by atoms with Gasteiger partial charge in [-0.05, 0) is 61.3 Å². The molecule has 0 spiro atoms. The Bertz CT molecular complexity index is 1160. The van der Waals surface area contributed by atoms with Crippen LogP contribution in [0.2, 0.25) is 0 Å². The van der Waals surface area contributed by atoms with E-state index in [9.17, 15) is 14.4 Å². The third kappa shape index (κ3) is 2.80. The molecule has 7 rings (SSSR count). The Labute approximate surface area is 184 Å². The van der Waals surface area contributed by atoms with Gasteiger partial charge in [0.1, 0.15) is 11.5 Å². The molecule has 0 N–H and O–H groups in total. The van der Waals surface area contributed by atoms with Crippen molar-refractivity contribution in [3.8, 4) is 11.3 Å². The maximum atomic E-state index is 13.0. The van der Waals surface area contributed by atoms with Crippen LogP contribution < -0.4 is 0 Å². The van der Waals surface area contributed by atoms with Crippen molar-refractivity contribution in [1.29, 1.82) is 0 Å². The molecule has 162 valence electrons. The molecule has 2 bridgehead atoms. The summed E-state index contributed by atoms with van der Waals surface area (Å²) in [6, 6.07) is 10.4. The maximum absolute atomic E-state index is 13.0. The molecular weight excluding hydrogens is 408 g/mol. The zero-order valence-electron chi connectivity index (χ0n) is 17.5. The summed E-state index contributed by atoms with van der Waals surface area (Å²) in [7, 11) is 0. The van der Waals surface area contributed by atoms with Crippen LogP contribution in [0.25, 0.3) is 11.3 Å². The number of amides is 2. The molecule has 1 saturated heterocycles. The van der Waals surface area contributed by atoms with Crippen LogP contribution in [0.5, 0.6) is 0 Å². The van der Waals surface area contributed by atoms with Crippen molar-refractivity contribution < 1.29 is 23.5 Å². The third-order valence-corrected chi connectivity index (χ3v) is 7.22. The van der Waals surface area contributed by atoms with Gasteiger partial charge < -0.3 is 9.15 Å². The third-order valence-electron chi connectivity index (χ3n) is 7.22. The van der Waals surface area contributed by atoms with Crippen LogP contribution in [0.1, 0.15) is 29.5 Å². The first-order valence-corrected chi connectivity index (χ1v) is 11.0. The predicted octanol–water partition coefficient (Wildman–Crippen LogP) is 3.51. The van der Waals surface area contributed by atoms with Gasteiger partial charge in [0.25, 0.3) is 11.8 Å². The highest BCUT2D eigenvalue weighted by Gasteiger charge is 2.67. The van der Waals surface area contributed by atoms with E-state index < -0.39 is 5.97 Å². The lowest BCUT2D eigenvalue weighted by molar-refractivity contribution is -0.140. The van der Waals surface area contributed by atoms with Gasteiger partial charge in [0.2, 0.25) is 0 Å². The molecule has 32 heavy (non-hydrogen) atoms. The highest BCUT2D eigenvalue weighted by molar-refractivity contribution is 6.06. The highest BCUT2D eigenvalue weighted by atomic mass is 16.5. The molecule has 1 aliphatic heterocycles. The quantitative estimate of drug-likeness (QED) is 0.313. The fraction of sp³-hybridized carbons (Fsp3) is 0.360. The van der Waals surface area contributed by atoms with Crippen LogP contribution >= 0.6 is 0 Å². The molecule has 2 amide bonds. The van der Waals surface area contributed by atoms with E-state index in [0.29, 0.717) is 35.5 Å². The van der Waals surface area contributed by atoms with Gasteiger partial charge in [-0.15, -0.1) is 0 Å². The number of imide groups is 1. The molecule has 2 aromatic rings. The summed E-state index contributed by atoms with van der Waals surface area (Å²) >= 11 is 0. The molecule has 4 aliphatic carbocycles. The van der Waals surface area contributed by atoms with Crippen molar-refractivity contribution >= 4 is 24.0 Å². The van der Waals surface area contributed by atoms with Crippen LogP contribution in [-0.4, -0.2) is 35.6 Å². The number of benzene rings is 1. The van der Waals surface area contributed by atoms with Crippen molar-refractivity contribution in [1.82, 2.24) is 5.01 Å². The minimum absolute atomic E-state index is 0.175. The van der Waals surface area contributed by atoms with E-state index in [-0.39, 0.29) is 35.5 Å². The number of rotatable bonds is 5. The predicted molar refractivity (Wildman–Crippen MR) is 114 cm³/mol. The van der Waals surface area contributed by atoms with Crippen molar-refractivity contribution in [3.63, 3.8) is 0 Å². The van der Waals surface area contributed by atoms with Crippen LogP contribution in [-0.2, 0) is 14.3 Å². The first kappa shape index (κ1) is 19.2. The van der Waals surface area contributed by atoms with Gasteiger partial charge in [-0.25, -0.2) is 4.79 Å². The Hall–Kier alpha value is -3.48. The van der Waals surface area contributed by atoms with E-state index in [1.54, 1.807) is 37.3 Å². The highest BCUT2D eigenvalue weighted by Crippen LogP contribution is 2.65. The zero-order valence-corrected chi connectivity index (χ0v) is 17.5. The summed E-state index contributed by atoms with van der Waals surface area (Å²) in [6.45, 7) is 2.06. The molecule has 6 atom stereocenters. The Morgan fingerprint density at radius 3 is 2.53 bits per heavy atom. The summed E-state index contributed by atoms with van der Waals surface area (Å²) in [4.78, 5) is 38.0. The van der Waals surface area contributed by atoms with E-state index in [4.69, 9.17) is 9.15 Å². The Balaban J connectivity index is 1.21. The molecule has 5 aliphatic rings. The molecule has 0 radical (unpaired) electrons. The molecular formula is C25H22N2O5. The molecule has 7 nitrogen and oxygen atoms in total. The number of hydrazone groups is 1. The van der Waals surface area contributed by atoms with Crippen LogP contribution in [0, 0.1) is 35.5 Å². The Morgan fingerprint density at radius 1 is 1.12 bits per heavy atom. The Morgan fingerprint density at radius 2 is 1.84 bits per heavy atom. The normalized spacial score (nSPS) is 31.8. The molecule has 1 aromatic carbocycles. The fourth-order valence-corrected chi connectivity index (χ4v) is 5.76. The fourth-order valence-electron chi connectivity index (χ4n) is 5.76. The second kappa shape index (κ2) is 7.02. The first-order valence-electron chi connectivity index (χ1n) is 11.0. The monoisotopic (exact) mass is 430 g/mol. The van der Waals surface area contributed by atoms with Crippen molar-refractivity contribution in [2.75, 3.05) is 6.61 Å². The zero-order chi connectivity index (χ0) is 22.0. The van der Waals surface area contributed by atoms with E-state index in [2.05, 4.69) is 17.3 Å². The van der Waals surface area contributed by atoms with Gasteiger partial charge in [-0.3, -0.25) is 9.59 Å². The minimum atomic E-state index is -0.392. The minimum Gasteiger partial charge on any atom is -0.462 e. The van der Waals surface area contributed by atoms with Crippen molar-refractivity contribution in [2.45, 2.75) is 13.3 Å². The van der Waals surface area contributed by atoms with Crippen LogP contribution in [0.3, 0.4) is 0 Å². The lowest BCUT2D eigenvalue weighted by Crippen LogP contribution is -2.40. The van der Waals surface area contributed by atoms with Gasteiger partial charge in [0.05, 0.1) is 30.2 Å². The van der Waals surface area contributed by atoms with E-state index in [1.807, 2.05) is 6.07 Å². The number of hydrogen-bond donors (Lipinski definition) is 0. The Kier molecular flexibility index (Phi) is 4.22. The molecule has 3 fully saturated rings. The summed E-state index contributed by atoms with van der Waals surface area (Å²) in [6.07, 6.45) is 6.82. The molecule has 6 unspecified atom stereocenters. The SMILES string of the molecule is CCOC(=O)c1cccc(-c2ccc(/C=N/N3C(=O)C4C5C=CC(C6CC56)C4C3=O)o2)c1. The summed E-state index contributed by atoms with van der Waals surface area (Å²) in [5.74, 6) is 1.11. The lowest BCUT2D eigenvalue weighted by Gasteiger charge is -2.37. The number of carbonyl (C=O) groups is 3. The average Bonchev–Trinajstić information content (AvgIpc) is 3.44. The van der Waals surface area contributed by atoms with Crippen LogP contribution in [0.4, 0.5) is 0 Å². The van der Waals surface area contributed by atoms with Gasteiger partial charge in [-0.2, -0.15) is 10.1 Å². The summed E-state index contributed by atoms with van der Waals surface area (Å²) < 4.78 is 10.9. The number of esters is 1. The number of carbonyl (C=O) groups excluding carboxylic acids is 3. The second-order valence-electron chi connectivity index (χ2n) is 8.89. The average molecular weight is 430 g/mol. The van der Waals surface area contributed by atoms with E-state index in [1.165, 1.54) is 6.21 Å². The molecule has 2 saturated carbocycles. The van der Waals surface area contributed by atoms with E-state index in [0.717, 1.165) is 17.0 Å². The summed E-state index contributed by atoms with van der Waals surface area (Å²) in [5, 5.41) is 5.25. The molecule has 2 heterocycles. The molecule has 1 aromatic heterocycles. The number of ether oxygens (including phenoxy) is 1. The van der Waals surface area contributed by atoms with Gasteiger partial charge in [0, 0.05) is 5.56 Å². The first-order chi connectivity index (χ1) is 15.6. The van der Waals surface area contributed by atoms with E-state index >= 15 is 0 Å². The maximum Gasteiger partial charge on any atom is 0.338 e. The van der Waals surface area contributed by atoms with Crippen LogP contribution in [0.15, 0.2) is 58.1 Å². The number of hydrogen-bond acceptors (Lipinski definition) is 6. The number of nitrogens with zero attached hydrogens (tertiary/aromatic N) is 2. The number of allylic oxidation sites excluding steroid dienone is 2. The van der Waals surface area contributed by atoms with Gasteiger partial charge in [-0.1, -0.05) is 24.3 Å². The van der Waals surface area contributed by atoms with Gasteiger partial charge >= 0.3 is 5.97 Å². The largest absolute Gasteiger partial charge is 0.462 e. The smallest absolute Gasteiger partial charge is 0.338 e. The van der Waals surface area contributed by atoms with Crippen molar-refractivity contribution in [2.24, 2.45) is 40.6 Å². The number of furan rings is 1. The lowest BCUT2D eigenvalue weighted by atomic mass is 9.63.